The topological polar surface area (TPSA) is 58.6 Å². The number of alkyl halides is 3. The van der Waals surface area contributed by atoms with Crippen LogP contribution in [-0.4, -0.2) is 29.4 Å². The number of alkyl carbamates (subject to hydrolysis) is 1. The smallest absolute Gasteiger partial charge is 0.416 e. The third kappa shape index (κ3) is 8.77. The minimum Gasteiger partial charge on any atom is -0.444 e. The number of aliphatic hydroxyl groups excluding tert-OH is 1. The van der Waals surface area contributed by atoms with E-state index in [0.717, 1.165) is 12.1 Å². The van der Waals surface area contributed by atoms with Crippen molar-refractivity contribution in [2.75, 3.05) is 6.61 Å². The van der Waals surface area contributed by atoms with Gasteiger partial charge in [-0.1, -0.05) is 12.1 Å². The number of hydrogen-bond donors (Lipinski definition) is 2. The summed E-state index contributed by atoms with van der Waals surface area (Å²) in [6.07, 6.45) is -2.65. The molecule has 142 valence electrons. The maximum Gasteiger partial charge on any atom is 0.416 e. The molecule has 0 radical (unpaired) electrons. The van der Waals surface area contributed by atoms with Crippen LogP contribution in [0.3, 0.4) is 0 Å². The molecule has 7 heteroatoms. The van der Waals surface area contributed by atoms with Crippen molar-refractivity contribution in [1.82, 2.24) is 5.32 Å². The molecule has 0 saturated heterocycles. The summed E-state index contributed by atoms with van der Waals surface area (Å²) in [5.41, 5.74) is -0.639. The van der Waals surface area contributed by atoms with Gasteiger partial charge < -0.3 is 15.2 Å². The second kappa shape index (κ2) is 9.08. The molecular formula is C18H26F3NO3. The Labute approximate surface area is 146 Å². The molecule has 0 aliphatic carbocycles. The molecule has 0 bridgehead atoms. The van der Waals surface area contributed by atoms with Crippen molar-refractivity contribution >= 4 is 6.09 Å². The van der Waals surface area contributed by atoms with Gasteiger partial charge >= 0.3 is 12.3 Å². The van der Waals surface area contributed by atoms with E-state index in [9.17, 15) is 18.0 Å². The monoisotopic (exact) mass is 361 g/mol. The molecule has 0 heterocycles. The first kappa shape index (κ1) is 21.3. The van der Waals surface area contributed by atoms with Crippen LogP contribution in [-0.2, 0) is 17.3 Å². The molecule has 1 amide bonds. The maximum absolute atomic E-state index is 12.6. The van der Waals surface area contributed by atoms with Crippen LogP contribution in [0.1, 0.15) is 51.2 Å². The zero-order valence-electron chi connectivity index (χ0n) is 14.8. The Kier molecular flexibility index (Phi) is 7.73. The number of halogens is 3. The lowest BCUT2D eigenvalue weighted by molar-refractivity contribution is -0.137. The van der Waals surface area contributed by atoms with Crippen molar-refractivity contribution in [1.29, 1.82) is 0 Å². The van der Waals surface area contributed by atoms with Gasteiger partial charge in [0.15, 0.2) is 0 Å². The lowest BCUT2D eigenvalue weighted by Gasteiger charge is -2.24. The Balaban J connectivity index is 2.73. The molecule has 0 fully saturated rings. The third-order valence-corrected chi connectivity index (χ3v) is 3.44. The number of ether oxygens (including phenoxy) is 1. The summed E-state index contributed by atoms with van der Waals surface area (Å²) in [7, 11) is 0. The number of carbonyl (C=O) groups excluding carboxylic acids is 1. The zero-order chi connectivity index (χ0) is 19.1. The van der Waals surface area contributed by atoms with E-state index >= 15 is 0 Å². The van der Waals surface area contributed by atoms with Gasteiger partial charge in [0.1, 0.15) is 5.60 Å². The normalized spacial score (nSPS) is 13.4. The minimum absolute atomic E-state index is 0.0550. The van der Waals surface area contributed by atoms with E-state index in [0.29, 0.717) is 31.2 Å². The predicted molar refractivity (Wildman–Crippen MR) is 89.2 cm³/mol. The molecule has 4 nitrogen and oxygen atoms in total. The average molecular weight is 361 g/mol. The predicted octanol–water partition coefficient (Wildman–Crippen LogP) is 4.30. The van der Waals surface area contributed by atoms with Crippen molar-refractivity contribution in [3.63, 3.8) is 0 Å². The third-order valence-electron chi connectivity index (χ3n) is 3.44. The molecule has 1 atom stereocenters. The summed E-state index contributed by atoms with van der Waals surface area (Å²) in [6, 6.07) is 4.62. The second-order valence-corrected chi connectivity index (χ2v) is 6.96. The number of carbonyl (C=O) groups is 1. The van der Waals surface area contributed by atoms with Gasteiger partial charge in [0.2, 0.25) is 0 Å². The van der Waals surface area contributed by atoms with E-state index in [1.807, 2.05) is 0 Å². The first-order valence-corrected chi connectivity index (χ1v) is 8.28. The Hall–Kier alpha value is -1.76. The number of hydrogen-bond acceptors (Lipinski definition) is 3. The number of rotatable bonds is 7. The lowest BCUT2D eigenvalue weighted by atomic mass is 10.00. The van der Waals surface area contributed by atoms with Gasteiger partial charge in [-0.2, -0.15) is 13.2 Å². The van der Waals surface area contributed by atoms with E-state index in [1.54, 1.807) is 20.8 Å². The summed E-state index contributed by atoms with van der Waals surface area (Å²) in [4.78, 5) is 11.9. The van der Waals surface area contributed by atoms with Crippen molar-refractivity contribution in [3.05, 3.63) is 35.4 Å². The molecule has 0 aliphatic heterocycles. The van der Waals surface area contributed by atoms with Crippen LogP contribution in [0.15, 0.2) is 24.3 Å². The Morgan fingerprint density at radius 1 is 1.16 bits per heavy atom. The van der Waals surface area contributed by atoms with Gasteiger partial charge in [0.05, 0.1) is 5.56 Å². The maximum atomic E-state index is 12.6. The molecule has 1 rings (SSSR count). The largest absolute Gasteiger partial charge is 0.444 e. The van der Waals surface area contributed by atoms with Gasteiger partial charge in [0.25, 0.3) is 0 Å². The SMILES string of the molecule is CC(C)(C)OC(=O)NC(CCCCO)Cc1ccc(C(F)(F)F)cc1. The van der Waals surface area contributed by atoms with E-state index in [2.05, 4.69) is 5.32 Å². The molecule has 0 aromatic heterocycles. The highest BCUT2D eigenvalue weighted by molar-refractivity contribution is 5.68. The number of aliphatic hydroxyl groups is 1. The first-order chi connectivity index (χ1) is 11.5. The van der Waals surface area contributed by atoms with Crippen LogP contribution in [0.25, 0.3) is 0 Å². The Morgan fingerprint density at radius 3 is 2.24 bits per heavy atom. The van der Waals surface area contributed by atoms with Crippen LogP contribution < -0.4 is 5.32 Å². The van der Waals surface area contributed by atoms with Crippen molar-refractivity contribution in [2.24, 2.45) is 0 Å². The Morgan fingerprint density at radius 2 is 1.76 bits per heavy atom. The summed E-state index contributed by atoms with van der Waals surface area (Å²) in [5, 5.41) is 11.7. The fourth-order valence-corrected chi connectivity index (χ4v) is 2.32. The molecular weight excluding hydrogens is 335 g/mol. The highest BCUT2D eigenvalue weighted by Gasteiger charge is 2.30. The first-order valence-electron chi connectivity index (χ1n) is 8.28. The van der Waals surface area contributed by atoms with E-state index in [1.165, 1.54) is 12.1 Å². The highest BCUT2D eigenvalue weighted by Crippen LogP contribution is 2.29. The number of unbranched alkanes of at least 4 members (excludes halogenated alkanes) is 1. The van der Waals surface area contributed by atoms with Crippen LogP contribution >= 0.6 is 0 Å². The Bertz CT molecular complexity index is 536. The molecule has 1 aromatic rings. The molecule has 0 spiro atoms. The standard InChI is InChI=1S/C18H26F3NO3/c1-17(2,3)25-16(24)22-15(6-4-5-11-23)12-13-7-9-14(10-8-13)18(19,20)21/h7-10,15,23H,4-6,11-12H2,1-3H3,(H,22,24). The molecule has 1 aromatic carbocycles. The number of amides is 1. The zero-order valence-corrected chi connectivity index (χ0v) is 14.8. The molecule has 0 aliphatic rings. The fraction of sp³-hybridized carbons (Fsp3) is 0.611. The van der Waals surface area contributed by atoms with Gasteiger partial charge in [0, 0.05) is 12.6 Å². The van der Waals surface area contributed by atoms with Crippen LogP contribution in [0.4, 0.5) is 18.0 Å². The molecule has 2 N–H and O–H groups in total. The molecule has 0 saturated carbocycles. The molecule has 1 unspecified atom stereocenters. The summed E-state index contributed by atoms with van der Waals surface area (Å²) >= 11 is 0. The van der Waals surface area contributed by atoms with Crippen LogP contribution in [0.2, 0.25) is 0 Å². The van der Waals surface area contributed by atoms with E-state index in [4.69, 9.17) is 9.84 Å². The number of benzene rings is 1. The minimum atomic E-state index is -4.37. The van der Waals surface area contributed by atoms with Gasteiger partial charge in [-0.25, -0.2) is 4.79 Å². The van der Waals surface area contributed by atoms with E-state index in [-0.39, 0.29) is 12.6 Å². The number of nitrogens with one attached hydrogen (secondary N) is 1. The van der Waals surface area contributed by atoms with E-state index < -0.39 is 23.4 Å². The lowest BCUT2D eigenvalue weighted by Crippen LogP contribution is -2.40. The van der Waals surface area contributed by atoms with Gasteiger partial charge in [-0.15, -0.1) is 0 Å². The van der Waals surface area contributed by atoms with Crippen molar-refractivity contribution in [2.45, 2.75) is 64.3 Å². The van der Waals surface area contributed by atoms with Crippen molar-refractivity contribution in [3.8, 4) is 0 Å². The molecule has 25 heavy (non-hydrogen) atoms. The summed E-state index contributed by atoms with van der Waals surface area (Å²) in [6.45, 7) is 5.31. The van der Waals surface area contributed by atoms with Crippen molar-refractivity contribution < 1.29 is 27.8 Å². The van der Waals surface area contributed by atoms with Gasteiger partial charge in [-0.05, 0) is 64.2 Å². The fourth-order valence-electron chi connectivity index (χ4n) is 2.32. The highest BCUT2D eigenvalue weighted by atomic mass is 19.4. The van der Waals surface area contributed by atoms with Crippen LogP contribution in [0.5, 0.6) is 0 Å². The average Bonchev–Trinajstić information content (AvgIpc) is 2.45. The second-order valence-electron chi connectivity index (χ2n) is 6.96. The van der Waals surface area contributed by atoms with Gasteiger partial charge in [-0.3, -0.25) is 0 Å². The summed E-state index contributed by atoms with van der Waals surface area (Å²) < 4.78 is 43.1. The quantitative estimate of drug-likeness (QED) is 0.712. The van der Waals surface area contributed by atoms with Crippen LogP contribution in [0, 0.1) is 0 Å². The summed E-state index contributed by atoms with van der Waals surface area (Å²) in [5.74, 6) is 0.